The van der Waals surface area contributed by atoms with Gasteiger partial charge in [-0.25, -0.2) is 0 Å². The molecule has 0 fully saturated rings. The highest BCUT2D eigenvalue weighted by Gasteiger charge is 1.93. The number of allylic oxidation sites excluding steroid dienone is 3. The second-order valence-electron chi connectivity index (χ2n) is 5.19. The molecule has 0 amide bonds. The van der Waals surface area contributed by atoms with Gasteiger partial charge in [-0.05, 0) is 64.0 Å². The van der Waals surface area contributed by atoms with E-state index in [0.717, 1.165) is 25.5 Å². The van der Waals surface area contributed by atoms with Gasteiger partial charge in [0.1, 0.15) is 18.1 Å². The van der Waals surface area contributed by atoms with Gasteiger partial charge in [0, 0.05) is 6.92 Å². The summed E-state index contributed by atoms with van der Waals surface area (Å²) in [5.41, 5.74) is 2.70. The summed E-state index contributed by atoms with van der Waals surface area (Å²) in [5, 5.41) is 16.6. The van der Waals surface area contributed by atoms with Gasteiger partial charge in [-0.3, -0.25) is 4.79 Å². The number of aliphatic carboxylic acids is 1. The molecule has 0 saturated carbocycles. The molecule has 4 heteroatoms. The van der Waals surface area contributed by atoms with Gasteiger partial charge in [0.2, 0.25) is 0 Å². The first kappa shape index (κ1) is 19.8. The maximum atomic E-state index is 9.14. The first-order valence-corrected chi connectivity index (χ1v) is 7.21. The van der Waals surface area contributed by atoms with Gasteiger partial charge >= 0.3 is 0 Å². The average molecular weight is 306 g/mol. The van der Waals surface area contributed by atoms with Crippen LogP contribution >= 0.6 is 0 Å². The molecular weight excluding hydrogens is 280 g/mol. The van der Waals surface area contributed by atoms with Crippen LogP contribution in [0.1, 0.15) is 40.5 Å². The highest BCUT2D eigenvalue weighted by molar-refractivity contribution is 5.62. The fourth-order valence-corrected chi connectivity index (χ4v) is 1.51. The van der Waals surface area contributed by atoms with E-state index in [1.807, 2.05) is 0 Å². The standard InChI is InChI=1S/C16H22O2.C2H4O2/c1-13(2)5-4-6-14(3)11-12-18-16-9-7-15(17)8-10-16;1-2(3)4/h5,7-11,17H,4,6,12H2,1-3H3;1H3,(H,3,4). The van der Waals surface area contributed by atoms with Crippen LogP contribution in [-0.4, -0.2) is 22.8 Å². The largest absolute Gasteiger partial charge is 0.508 e. The number of benzene rings is 1. The molecular formula is C18H26O4. The predicted molar refractivity (Wildman–Crippen MR) is 89.3 cm³/mol. The molecule has 0 aliphatic carbocycles. The van der Waals surface area contributed by atoms with E-state index in [9.17, 15) is 0 Å². The Bertz CT molecular complexity index is 490. The van der Waals surface area contributed by atoms with Crippen molar-refractivity contribution in [2.24, 2.45) is 0 Å². The summed E-state index contributed by atoms with van der Waals surface area (Å²) < 4.78 is 5.56. The summed E-state index contributed by atoms with van der Waals surface area (Å²) in [7, 11) is 0. The third-order valence-electron chi connectivity index (χ3n) is 2.61. The van der Waals surface area contributed by atoms with Crippen molar-refractivity contribution in [3.63, 3.8) is 0 Å². The summed E-state index contributed by atoms with van der Waals surface area (Å²) in [6, 6.07) is 6.78. The zero-order valence-electron chi connectivity index (χ0n) is 13.8. The van der Waals surface area contributed by atoms with Crippen molar-refractivity contribution in [3.8, 4) is 11.5 Å². The Morgan fingerprint density at radius 1 is 1.09 bits per heavy atom. The van der Waals surface area contributed by atoms with Gasteiger partial charge in [0.25, 0.3) is 5.97 Å². The third kappa shape index (κ3) is 12.8. The summed E-state index contributed by atoms with van der Waals surface area (Å²) >= 11 is 0. The van der Waals surface area contributed by atoms with Gasteiger partial charge in [-0.1, -0.05) is 17.2 Å². The van der Waals surface area contributed by atoms with Gasteiger partial charge in [-0.2, -0.15) is 0 Å². The van der Waals surface area contributed by atoms with Crippen LogP contribution in [0.5, 0.6) is 11.5 Å². The van der Waals surface area contributed by atoms with Crippen molar-refractivity contribution in [1.82, 2.24) is 0 Å². The Hall–Kier alpha value is -2.23. The molecule has 0 unspecified atom stereocenters. The summed E-state index contributed by atoms with van der Waals surface area (Å²) in [6.07, 6.45) is 6.51. The fourth-order valence-electron chi connectivity index (χ4n) is 1.51. The summed E-state index contributed by atoms with van der Waals surface area (Å²) in [6.45, 7) is 8.02. The molecule has 0 radical (unpaired) electrons. The molecule has 1 aromatic carbocycles. The van der Waals surface area contributed by atoms with E-state index in [1.165, 1.54) is 11.1 Å². The molecule has 0 bridgehead atoms. The molecule has 0 aromatic heterocycles. The van der Waals surface area contributed by atoms with Crippen molar-refractivity contribution in [2.45, 2.75) is 40.5 Å². The van der Waals surface area contributed by atoms with E-state index in [-0.39, 0.29) is 5.75 Å². The number of carboxylic acid groups (broad SMARTS) is 1. The number of phenolic OH excluding ortho intramolecular Hbond substituents is 1. The van der Waals surface area contributed by atoms with Crippen molar-refractivity contribution in [3.05, 3.63) is 47.6 Å². The molecule has 0 atom stereocenters. The highest BCUT2D eigenvalue weighted by atomic mass is 16.5. The molecule has 22 heavy (non-hydrogen) atoms. The topological polar surface area (TPSA) is 66.8 Å². The Balaban J connectivity index is 0.000000980. The van der Waals surface area contributed by atoms with Crippen LogP contribution in [0, 0.1) is 0 Å². The number of hydrogen-bond donors (Lipinski definition) is 2. The van der Waals surface area contributed by atoms with Gasteiger partial charge in [-0.15, -0.1) is 0 Å². The number of ether oxygens (including phenoxy) is 1. The van der Waals surface area contributed by atoms with Crippen LogP contribution in [0.25, 0.3) is 0 Å². The minimum atomic E-state index is -0.833. The Morgan fingerprint density at radius 3 is 2.14 bits per heavy atom. The SMILES string of the molecule is CC(=O)O.CC(C)=CCCC(C)=CCOc1ccc(O)cc1. The van der Waals surface area contributed by atoms with Gasteiger partial charge in [0.15, 0.2) is 0 Å². The van der Waals surface area contributed by atoms with E-state index in [1.54, 1.807) is 24.3 Å². The quantitative estimate of drug-likeness (QED) is 0.756. The smallest absolute Gasteiger partial charge is 0.300 e. The molecule has 4 nitrogen and oxygen atoms in total. The third-order valence-corrected chi connectivity index (χ3v) is 2.61. The van der Waals surface area contributed by atoms with Crippen molar-refractivity contribution >= 4 is 5.97 Å². The van der Waals surface area contributed by atoms with Crippen LogP contribution in [0.4, 0.5) is 0 Å². The Labute approximate surface area is 132 Å². The average Bonchev–Trinajstić information content (AvgIpc) is 2.40. The van der Waals surface area contributed by atoms with E-state index >= 15 is 0 Å². The number of carboxylic acids is 1. The second-order valence-corrected chi connectivity index (χ2v) is 5.19. The fraction of sp³-hybridized carbons (Fsp3) is 0.389. The predicted octanol–water partition coefficient (Wildman–Crippen LogP) is 4.55. The van der Waals surface area contributed by atoms with Gasteiger partial charge < -0.3 is 14.9 Å². The molecule has 1 rings (SSSR count). The Kier molecular flexibility index (Phi) is 10.3. The number of carbonyl (C=O) groups is 1. The van der Waals surface area contributed by atoms with Crippen LogP contribution in [0.3, 0.4) is 0 Å². The first-order valence-electron chi connectivity index (χ1n) is 7.21. The molecule has 0 spiro atoms. The van der Waals surface area contributed by atoms with Crippen LogP contribution in [0.15, 0.2) is 47.6 Å². The second kappa shape index (κ2) is 11.4. The zero-order valence-corrected chi connectivity index (χ0v) is 13.8. The van der Waals surface area contributed by atoms with Gasteiger partial charge in [0.05, 0.1) is 0 Å². The van der Waals surface area contributed by atoms with Crippen LogP contribution in [0.2, 0.25) is 0 Å². The van der Waals surface area contributed by atoms with E-state index in [4.69, 9.17) is 19.7 Å². The highest BCUT2D eigenvalue weighted by Crippen LogP contribution is 2.16. The molecule has 0 aliphatic heterocycles. The minimum Gasteiger partial charge on any atom is -0.508 e. The Morgan fingerprint density at radius 2 is 1.64 bits per heavy atom. The van der Waals surface area contributed by atoms with E-state index in [0.29, 0.717) is 6.61 Å². The lowest BCUT2D eigenvalue weighted by Gasteiger charge is -2.04. The summed E-state index contributed by atoms with van der Waals surface area (Å²) in [4.78, 5) is 9.00. The normalized spacial score (nSPS) is 10.3. The zero-order chi connectivity index (χ0) is 17.0. The van der Waals surface area contributed by atoms with Crippen molar-refractivity contribution < 1.29 is 19.7 Å². The lowest BCUT2D eigenvalue weighted by Crippen LogP contribution is -1.94. The molecule has 0 saturated heterocycles. The molecule has 0 heterocycles. The minimum absolute atomic E-state index is 0.260. The first-order chi connectivity index (χ1) is 10.3. The number of aromatic hydroxyl groups is 1. The van der Waals surface area contributed by atoms with Crippen LogP contribution < -0.4 is 4.74 Å². The molecule has 122 valence electrons. The van der Waals surface area contributed by atoms with E-state index in [2.05, 4.69) is 32.9 Å². The van der Waals surface area contributed by atoms with Crippen molar-refractivity contribution in [2.75, 3.05) is 6.61 Å². The maximum Gasteiger partial charge on any atom is 0.300 e. The maximum absolute atomic E-state index is 9.14. The number of hydrogen-bond acceptors (Lipinski definition) is 3. The van der Waals surface area contributed by atoms with Crippen LogP contribution in [-0.2, 0) is 4.79 Å². The molecule has 1 aromatic rings. The van der Waals surface area contributed by atoms with Crippen molar-refractivity contribution in [1.29, 1.82) is 0 Å². The number of rotatable bonds is 6. The summed E-state index contributed by atoms with van der Waals surface area (Å²) in [5.74, 6) is 0.206. The van der Waals surface area contributed by atoms with E-state index < -0.39 is 5.97 Å². The molecule has 0 aliphatic rings. The number of phenols is 1. The monoisotopic (exact) mass is 306 g/mol. The molecule has 2 N–H and O–H groups in total. The lowest BCUT2D eigenvalue weighted by atomic mass is 10.1. The lowest BCUT2D eigenvalue weighted by molar-refractivity contribution is -0.134.